The fourth-order valence-corrected chi connectivity index (χ4v) is 1.14. The van der Waals surface area contributed by atoms with E-state index >= 15 is 0 Å². The van der Waals surface area contributed by atoms with Crippen molar-refractivity contribution in [1.82, 2.24) is 0 Å². The highest BCUT2D eigenvalue weighted by Crippen LogP contribution is 2.28. The molecule has 1 atom stereocenters. The molecule has 1 rings (SSSR count). The quantitative estimate of drug-likeness (QED) is 0.847. The minimum Gasteiger partial charge on any atom is -0.390 e. The molecule has 0 heterocycles. The lowest BCUT2D eigenvalue weighted by molar-refractivity contribution is -0.0556. The van der Waals surface area contributed by atoms with Gasteiger partial charge in [0.05, 0.1) is 0 Å². The minimum atomic E-state index is -3.19. The van der Waals surface area contributed by atoms with Gasteiger partial charge in [-0.2, -0.15) is 8.78 Å². The molecule has 0 aliphatic rings. The Morgan fingerprint density at radius 2 is 2.07 bits per heavy atom. The number of hydrogen-bond donors (Lipinski definition) is 2. The second kappa shape index (κ2) is 5.39. The summed E-state index contributed by atoms with van der Waals surface area (Å²) in [4.78, 5) is 0. The fourth-order valence-electron chi connectivity index (χ4n) is 1.14. The maximum absolute atomic E-state index is 13.0. The van der Waals surface area contributed by atoms with Gasteiger partial charge in [0.15, 0.2) is 0 Å². The van der Waals surface area contributed by atoms with Crippen LogP contribution in [0.25, 0.3) is 0 Å². The predicted molar refractivity (Wildman–Crippen MR) is 57.3 cm³/mol. The van der Waals surface area contributed by atoms with Gasteiger partial charge >= 0.3 is 0 Å². The van der Waals surface area contributed by atoms with Crippen LogP contribution in [0.3, 0.4) is 0 Å². The van der Waals surface area contributed by atoms with E-state index in [1.165, 1.54) is 18.2 Å². The molecule has 2 nitrogen and oxygen atoms in total. The van der Waals surface area contributed by atoms with Crippen LogP contribution in [0.5, 0.6) is 0 Å². The zero-order chi connectivity index (χ0) is 10.8. The molecule has 5 heteroatoms. The van der Waals surface area contributed by atoms with E-state index in [2.05, 4.69) is 0 Å². The lowest BCUT2D eigenvalue weighted by atomic mass is 10.0. The summed E-state index contributed by atoms with van der Waals surface area (Å²) in [6.45, 7) is 0.533. The van der Waals surface area contributed by atoms with Gasteiger partial charge in [-0.1, -0.05) is 18.2 Å². The third-order valence-electron chi connectivity index (χ3n) is 2.03. The van der Waals surface area contributed by atoms with Crippen molar-refractivity contribution in [3.05, 3.63) is 35.4 Å². The third kappa shape index (κ3) is 3.41. The van der Waals surface area contributed by atoms with E-state index < -0.39 is 12.5 Å². The molecule has 0 aromatic heterocycles. The molecular formula is C10H14ClF2NO. The Morgan fingerprint density at radius 3 is 2.53 bits per heavy atom. The Labute approximate surface area is 93.5 Å². The number of benzene rings is 1. The van der Waals surface area contributed by atoms with Crippen LogP contribution in [-0.4, -0.2) is 11.7 Å². The van der Waals surface area contributed by atoms with Gasteiger partial charge in [0.1, 0.15) is 6.61 Å². The molecular weight excluding hydrogens is 224 g/mol. The summed E-state index contributed by atoms with van der Waals surface area (Å²) in [7, 11) is 0. The molecule has 15 heavy (non-hydrogen) atoms. The van der Waals surface area contributed by atoms with Gasteiger partial charge in [-0.15, -0.1) is 12.4 Å². The van der Waals surface area contributed by atoms with Crippen LogP contribution in [0.1, 0.15) is 24.1 Å². The van der Waals surface area contributed by atoms with Crippen molar-refractivity contribution in [2.45, 2.75) is 18.9 Å². The van der Waals surface area contributed by atoms with E-state index in [-0.39, 0.29) is 24.0 Å². The number of rotatable bonds is 3. The SMILES string of the molecule is CC(N)c1cccc(C(F)(F)CO)c1.Cl. The Hall–Kier alpha value is -0.710. The molecule has 0 saturated heterocycles. The highest BCUT2D eigenvalue weighted by molar-refractivity contribution is 5.85. The lowest BCUT2D eigenvalue weighted by Crippen LogP contribution is -2.19. The van der Waals surface area contributed by atoms with Crippen molar-refractivity contribution < 1.29 is 13.9 Å². The van der Waals surface area contributed by atoms with Gasteiger partial charge in [-0.05, 0) is 18.6 Å². The number of nitrogens with two attached hydrogens (primary N) is 1. The third-order valence-corrected chi connectivity index (χ3v) is 2.03. The second-order valence-corrected chi connectivity index (χ2v) is 3.28. The Balaban J connectivity index is 0.00000196. The van der Waals surface area contributed by atoms with E-state index in [9.17, 15) is 8.78 Å². The zero-order valence-corrected chi connectivity index (χ0v) is 9.10. The highest BCUT2D eigenvalue weighted by Gasteiger charge is 2.30. The molecule has 0 aliphatic carbocycles. The van der Waals surface area contributed by atoms with E-state index in [1.807, 2.05) is 0 Å². The molecule has 0 amide bonds. The molecule has 1 aromatic rings. The standard InChI is InChI=1S/C10H13F2NO.ClH/c1-7(13)8-3-2-4-9(5-8)10(11,12)6-14;/h2-5,7,14H,6,13H2,1H3;1H. The Morgan fingerprint density at radius 1 is 1.47 bits per heavy atom. The van der Waals surface area contributed by atoms with Crippen LogP contribution < -0.4 is 5.73 Å². The van der Waals surface area contributed by atoms with Crippen LogP contribution >= 0.6 is 12.4 Å². The van der Waals surface area contributed by atoms with Crippen LogP contribution in [0.15, 0.2) is 24.3 Å². The Bertz CT molecular complexity index is 318. The van der Waals surface area contributed by atoms with Gasteiger partial charge in [-0.3, -0.25) is 0 Å². The monoisotopic (exact) mass is 237 g/mol. The first kappa shape index (κ1) is 14.3. The van der Waals surface area contributed by atoms with Crippen LogP contribution in [0, 0.1) is 0 Å². The fraction of sp³-hybridized carbons (Fsp3) is 0.400. The molecule has 0 fully saturated rings. The molecule has 1 unspecified atom stereocenters. The van der Waals surface area contributed by atoms with E-state index in [4.69, 9.17) is 10.8 Å². The number of hydrogen-bond acceptors (Lipinski definition) is 2. The van der Waals surface area contributed by atoms with Crippen molar-refractivity contribution in [3.8, 4) is 0 Å². The smallest absolute Gasteiger partial charge is 0.295 e. The molecule has 0 spiro atoms. The van der Waals surface area contributed by atoms with Crippen LogP contribution in [-0.2, 0) is 5.92 Å². The zero-order valence-electron chi connectivity index (χ0n) is 8.28. The van der Waals surface area contributed by atoms with Crippen LogP contribution in [0.4, 0.5) is 8.78 Å². The Kier molecular flexibility index (Phi) is 5.14. The largest absolute Gasteiger partial charge is 0.390 e. The molecule has 86 valence electrons. The summed E-state index contributed by atoms with van der Waals surface area (Å²) in [6, 6.07) is 5.51. The van der Waals surface area contributed by atoms with Crippen molar-refractivity contribution in [3.63, 3.8) is 0 Å². The average Bonchev–Trinajstić information content (AvgIpc) is 2.18. The summed E-state index contributed by atoms with van der Waals surface area (Å²) in [6.07, 6.45) is 0. The first-order chi connectivity index (χ1) is 6.47. The first-order valence-corrected chi connectivity index (χ1v) is 4.32. The van der Waals surface area contributed by atoms with Gasteiger partial charge in [0.2, 0.25) is 0 Å². The van der Waals surface area contributed by atoms with Gasteiger partial charge < -0.3 is 10.8 Å². The van der Waals surface area contributed by atoms with E-state index in [0.717, 1.165) is 0 Å². The number of aliphatic hydroxyl groups excluding tert-OH is 1. The summed E-state index contributed by atoms with van der Waals surface area (Å²) < 4.78 is 26.1. The maximum atomic E-state index is 13.0. The first-order valence-electron chi connectivity index (χ1n) is 4.32. The van der Waals surface area contributed by atoms with Crippen molar-refractivity contribution in [2.24, 2.45) is 5.73 Å². The lowest BCUT2D eigenvalue weighted by Gasteiger charge is -2.15. The van der Waals surface area contributed by atoms with Gasteiger partial charge in [0, 0.05) is 11.6 Å². The van der Waals surface area contributed by atoms with E-state index in [0.29, 0.717) is 5.56 Å². The summed E-state index contributed by atoms with van der Waals surface area (Å²) >= 11 is 0. The number of aliphatic hydroxyl groups is 1. The molecule has 0 aliphatic heterocycles. The predicted octanol–water partition coefficient (Wildman–Crippen LogP) is 2.21. The summed E-state index contributed by atoms with van der Waals surface area (Å²) in [5, 5.41) is 8.50. The normalized spacial score (nSPS) is 13.1. The van der Waals surface area contributed by atoms with Gasteiger partial charge in [0.25, 0.3) is 5.92 Å². The summed E-state index contributed by atoms with van der Waals surface area (Å²) in [5.41, 5.74) is 6.00. The second-order valence-electron chi connectivity index (χ2n) is 3.28. The molecule has 0 radical (unpaired) electrons. The maximum Gasteiger partial charge on any atom is 0.295 e. The summed E-state index contributed by atoms with van der Waals surface area (Å²) in [5.74, 6) is -3.19. The topological polar surface area (TPSA) is 46.2 Å². The number of alkyl halides is 2. The molecule has 1 aromatic carbocycles. The van der Waals surface area contributed by atoms with Crippen molar-refractivity contribution in [1.29, 1.82) is 0 Å². The molecule has 0 bridgehead atoms. The van der Waals surface area contributed by atoms with Crippen molar-refractivity contribution in [2.75, 3.05) is 6.61 Å². The van der Waals surface area contributed by atoms with Crippen molar-refractivity contribution >= 4 is 12.4 Å². The molecule has 0 saturated carbocycles. The van der Waals surface area contributed by atoms with Crippen LogP contribution in [0.2, 0.25) is 0 Å². The molecule has 3 N–H and O–H groups in total. The van der Waals surface area contributed by atoms with E-state index in [1.54, 1.807) is 13.0 Å². The highest BCUT2D eigenvalue weighted by atomic mass is 35.5. The van der Waals surface area contributed by atoms with Gasteiger partial charge in [-0.25, -0.2) is 0 Å². The minimum absolute atomic E-state index is 0. The average molecular weight is 238 g/mol. The number of halogens is 3.